The predicted molar refractivity (Wildman–Crippen MR) is 74.2 cm³/mol. The smallest absolute Gasteiger partial charge is 0.166 e. The molecule has 2 aromatic rings. The molecule has 94 valence electrons. The summed E-state index contributed by atoms with van der Waals surface area (Å²) in [6.45, 7) is -0.0620. The lowest BCUT2D eigenvalue weighted by Crippen LogP contribution is -1.90. The van der Waals surface area contributed by atoms with Crippen LogP contribution < -0.4 is 4.74 Å². The van der Waals surface area contributed by atoms with E-state index in [4.69, 9.17) is 9.84 Å². The number of hydrogen-bond donors (Lipinski definition) is 1. The molecule has 0 saturated carbocycles. The van der Waals surface area contributed by atoms with Crippen molar-refractivity contribution in [1.29, 1.82) is 0 Å². The van der Waals surface area contributed by atoms with Crippen molar-refractivity contribution in [3.8, 4) is 11.5 Å². The minimum atomic E-state index is -0.438. The summed E-state index contributed by atoms with van der Waals surface area (Å²) in [4.78, 5) is 0. The van der Waals surface area contributed by atoms with Crippen molar-refractivity contribution < 1.29 is 14.2 Å². The minimum Gasteiger partial charge on any atom is -0.454 e. The van der Waals surface area contributed by atoms with Crippen LogP contribution in [0.1, 0.15) is 5.56 Å². The molecule has 0 fully saturated rings. The summed E-state index contributed by atoms with van der Waals surface area (Å²) in [5, 5.41) is 9.04. The third kappa shape index (κ3) is 3.10. The fraction of sp³-hybridized carbons (Fsp3) is 0.0769. The molecule has 5 heteroatoms. The van der Waals surface area contributed by atoms with Gasteiger partial charge in [-0.05, 0) is 35.9 Å². The van der Waals surface area contributed by atoms with Crippen LogP contribution in [-0.4, -0.2) is 5.11 Å². The van der Waals surface area contributed by atoms with Gasteiger partial charge in [-0.15, -0.1) is 0 Å². The molecule has 2 nitrogen and oxygen atoms in total. The Balaban J connectivity index is 2.26. The van der Waals surface area contributed by atoms with E-state index in [9.17, 15) is 4.39 Å². The van der Waals surface area contributed by atoms with Gasteiger partial charge in [-0.25, -0.2) is 4.39 Å². The van der Waals surface area contributed by atoms with E-state index >= 15 is 0 Å². The number of ether oxygens (including phenoxy) is 1. The quantitative estimate of drug-likeness (QED) is 0.847. The second-order valence-corrected chi connectivity index (χ2v) is 5.36. The van der Waals surface area contributed by atoms with Gasteiger partial charge >= 0.3 is 0 Å². The van der Waals surface area contributed by atoms with E-state index in [0.717, 1.165) is 10.0 Å². The van der Waals surface area contributed by atoms with Crippen LogP contribution in [0, 0.1) is 5.82 Å². The van der Waals surface area contributed by atoms with E-state index in [1.165, 1.54) is 6.07 Å². The van der Waals surface area contributed by atoms with Crippen LogP contribution >= 0.6 is 31.9 Å². The van der Waals surface area contributed by atoms with E-state index in [0.29, 0.717) is 10.2 Å². The van der Waals surface area contributed by atoms with Gasteiger partial charge in [0.2, 0.25) is 0 Å². The first-order valence-corrected chi connectivity index (χ1v) is 6.71. The fourth-order valence-corrected chi connectivity index (χ4v) is 2.22. The van der Waals surface area contributed by atoms with E-state index in [2.05, 4.69) is 31.9 Å². The zero-order valence-corrected chi connectivity index (χ0v) is 12.3. The Morgan fingerprint density at radius 3 is 2.50 bits per heavy atom. The van der Waals surface area contributed by atoms with Crippen LogP contribution in [0.25, 0.3) is 0 Å². The molecule has 0 heterocycles. The zero-order chi connectivity index (χ0) is 13.1. The van der Waals surface area contributed by atoms with E-state index in [-0.39, 0.29) is 12.4 Å². The average Bonchev–Trinajstić information content (AvgIpc) is 2.33. The topological polar surface area (TPSA) is 29.5 Å². The Morgan fingerprint density at radius 2 is 1.89 bits per heavy atom. The van der Waals surface area contributed by atoms with Gasteiger partial charge in [0.05, 0.1) is 6.61 Å². The maximum absolute atomic E-state index is 13.6. The largest absolute Gasteiger partial charge is 0.454 e. The van der Waals surface area contributed by atoms with Gasteiger partial charge in [0, 0.05) is 8.95 Å². The SMILES string of the molecule is OCc1ccc(Oc2ccc(Br)cc2F)cc1Br. The average molecular weight is 376 g/mol. The Morgan fingerprint density at radius 1 is 1.11 bits per heavy atom. The van der Waals surface area contributed by atoms with Crippen LogP contribution in [0.15, 0.2) is 45.3 Å². The molecular formula is C13H9Br2FO2. The van der Waals surface area contributed by atoms with Crippen LogP contribution in [0.5, 0.6) is 11.5 Å². The molecule has 2 aromatic carbocycles. The molecule has 0 atom stereocenters. The summed E-state index contributed by atoms with van der Waals surface area (Å²) in [7, 11) is 0. The van der Waals surface area contributed by atoms with Crippen molar-refractivity contribution in [3.63, 3.8) is 0 Å². The van der Waals surface area contributed by atoms with Gasteiger partial charge < -0.3 is 9.84 Å². The summed E-state index contributed by atoms with van der Waals surface area (Å²) >= 11 is 6.49. The molecule has 0 amide bonds. The second kappa shape index (κ2) is 5.82. The van der Waals surface area contributed by atoms with Gasteiger partial charge in [0.15, 0.2) is 11.6 Å². The number of aliphatic hydroxyl groups is 1. The normalized spacial score (nSPS) is 10.4. The first kappa shape index (κ1) is 13.5. The van der Waals surface area contributed by atoms with Crippen molar-refractivity contribution >= 4 is 31.9 Å². The van der Waals surface area contributed by atoms with E-state index in [1.54, 1.807) is 30.3 Å². The predicted octanol–water partition coefficient (Wildman–Crippen LogP) is 4.64. The summed E-state index contributed by atoms with van der Waals surface area (Å²) in [5.74, 6) is 0.217. The summed E-state index contributed by atoms with van der Waals surface area (Å²) in [6.07, 6.45) is 0. The first-order chi connectivity index (χ1) is 8.60. The van der Waals surface area contributed by atoms with Gasteiger partial charge in [0.1, 0.15) is 5.75 Å². The number of halogens is 3. The van der Waals surface area contributed by atoms with Crippen LogP contribution in [-0.2, 0) is 6.61 Å². The van der Waals surface area contributed by atoms with Gasteiger partial charge in [-0.3, -0.25) is 0 Å². The molecular weight excluding hydrogens is 367 g/mol. The van der Waals surface area contributed by atoms with E-state index < -0.39 is 5.82 Å². The van der Waals surface area contributed by atoms with Gasteiger partial charge in [-0.1, -0.05) is 37.9 Å². The molecule has 0 radical (unpaired) electrons. The van der Waals surface area contributed by atoms with Crippen molar-refractivity contribution in [3.05, 3.63) is 56.7 Å². The van der Waals surface area contributed by atoms with Gasteiger partial charge in [-0.2, -0.15) is 0 Å². The summed E-state index contributed by atoms with van der Waals surface area (Å²) in [5.41, 5.74) is 0.749. The molecule has 0 saturated heterocycles. The number of aliphatic hydroxyl groups excluding tert-OH is 1. The fourth-order valence-electron chi connectivity index (χ4n) is 1.40. The van der Waals surface area contributed by atoms with Crippen LogP contribution in [0.2, 0.25) is 0 Å². The molecule has 0 spiro atoms. The third-order valence-corrected chi connectivity index (χ3v) is 3.55. The molecule has 0 aromatic heterocycles. The molecule has 1 N–H and O–H groups in total. The maximum Gasteiger partial charge on any atom is 0.166 e. The lowest BCUT2D eigenvalue weighted by molar-refractivity contribution is 0.281. The van der Waals surface area contributed by atoms with Crippen molar-refractivity contribution in [1.82, 2.24) is 0 Å². The van der Waals surface area contributed by atoms with Crippen LogP contribution in [0.4, 0.5) is 4.39 Å². The number of hydrogen-bond acceptors (Lipinski definition) is 2. The molecule has 0 unspecified atom stereocenters. The standard InChI is InChI=1S/C13H9Br2FO2/c14-9-2-4-13(12(16)5-9)18-10-3-1-8(7-17)11(15)6-10/h1-6,17H,7H2. The highest BCUT2D eigenvalue weighted by Crippen LogP contribution is 2.29. The molecule has 0 aliphatic carbocycles. The summed E-state index contributed by atoms with van der Waals surface area (Å²) < 4.78 is 20.4. The summed E-state index contributed by atoms with van der Waals surface area (Å²) in [6, 6.07) is 9.68. The minimum absolute atomic E-state index is 0.0620. The van der Waals surface area contributed by atoms with Crippen molar-refractivity contribution in [2.75, 3.05) is 0 Å². The number of benzene rings is 2. The Hall–Kier alpha value is -0.910. The highest BCUT2D eigenvalue weighted by molar-refractivity contribution is 9.10. The Bertz CT molecular complexity index is 573. The van der Waals surface area contributed by atoms with Crippen molar-refractivity contribution in [2.45, 2.75) is 6.61 Å². The highest BCUT2D eigenvalue weighted by Gasteiger charge is 2.07. The lowest BCUT2D eigenvalue weighted by atomic mass is 10.2. The zero-order valence-electron chi connectivity index (χ0n) is 9.16. The third-order valence-electron chi connectivity index (χ3n) is 2.32. The number of rotatable bonds is 3. The monoisotopic (exact) mass is 374 g/mol. The van der Waals surface area contributed by atoms with E-state index in [1.807, 2.05) is 0 Å². The molecule has 0 bridgehead atoms. The van der Waals surface area contributed by atoms with Crippen molar-refractivity contribution in [2.24, 2.45) is 0 Å². The molecule has 2 rings (SSSR count). The van der Waals surface area contributed by atoms with Crippen LogP contribution in [0.3, 0.4) is 0 Å². The maximum atomic E-state index is 13.6. The highest BCUT2D eigenvalue weighted by atomic mass is 79.9. The molecule has 0 aliphatic heterocycles. The lowest BCUT2D eigenvalue weighted by Gasteiger charge is -2.09. The van der Waals surface area contributed by atoms with Gasteiger partial charge in [0.25, 0.3) is 0 Å². The molecule has 18 heavy (non-hydrogen) atoms. The first-order valence-electron chi connectivity index (χ1n) is 5.12. The Labute approximate surface area is 121 Å². The molecule has 0 aliphatic rings. The second-order valence-electron chi connectivity index (χ2n) is 3.59. The Kier molecular flexibility index (Phi) is 4.37.